The van der Waals surface area contributed by atoms with Crippen LogP contribution in [0.25, 0.3) is 17.7 Å². The van der Waals surface area contributed by atoms with E-state index in [9.17, 15) is 14.4 Å². The summed E-state index contributed by atoms with van der Waals surface area (Å²) in [4.78, 5) is 33.2. The summed E-state index contributed by atoms with van der Waals surface area (Å²) in [5, 5.41) is 18.6. The number of aliphatic carboxylic acids is 2. The molecular weight excluding hydrogens is 432 g/mol. The predicted molar refractivity (Wildman–Crippen MR) is 132 cm³/mol. The molecule has 2 aromatic rings. The van der Waals surface area contributed by atoms with Gasteiger partial charge in [0.05, 0.1) is 6.42 Å². The number of nitrogens with zero attached hydrogens (tertiary/aromatic N) is 1. The van der Waals surface area contributed by atoms with Crippen LogP contribution in [0.4, 0.5) is 0 Å². The maximum absolute atomic E-state index is 10.4. The SMILES string of the molecule is CC(=O)N[C@@H](CC(=O)O)C(=O)O.CN1CCC(=C2c3ccccc3C=Cc3ccccc32)CC1. The molecule has 1 heterocycles. The van der Waals surface area contributed by atoms with Crippen molar-refractivity contribution in [1.82, 2.24) is 10.2 Å². The van der Waals surface area contributed by atoms with Crippen molar-refractivity contribution in [3.63, 3.8) is 0 Å². The number of likely N-dealkylation sites (tertiary alicyclic amines) is 1. The molecule has 4 rings (SSSR count). The lowest BCUT2D eigenvalue weighted by Crippen LogP contribution is -2.41. The minimum absolute atomic E-state index is 0.566. The van der Waals surface area contributed by atoms with Crippen LogP contribution in [0.2, 0.25) is 0 Å². The molecule has 1 aliphatic heterocycles. The molecule has 1 fully saturated rings. The third-order valence-corrected chi connectivity index (χ3v) is 5.90. The minimum atomic E-state index is -1.35. The number of hydrogen-bond donors (Lipinski definition) is 3. The molecule has 0 bridgehead atoms. The van der Waals surface area contributed by atoms with E-state index >= 15 is 0 Å². The number of fused-ring (bicyclic) bond motifs is 2. The summed E-state index contributed by atoms with van der Waals surface area (Å²) < 4.78 is 0. The number of amides is 1. The van der Waals surface area contributed by atoms with Gasteiger partial charge < -0.3 is 20.4 Å². The van der Waals surface area contributed by atoms with Crippen LogP contribution in [-0.2, 0) is 14.4 Å². The lowest BCUT2D eigenvalue weighted by atomic mass is 9.86. The normalized spacial score (nSPS) is 15.7. The molecular formula is C27H30N2O5. The molecule has 7 heteroatoms. The van der Waals surface area contributed by atoms with Gasteiger partial charge >= 0.3 is 11.9 Å². The predicted octanol–water partition coefficient (Wildman–Crippen LogP) is 3.75. The molecule has 2 aromatic carbocycles. The van der Waals surface area contributed by atoms with Crippen LogP contribution in [-0.4, -0.2) is 59.1 Å². The van der Waals surface area contributed by atoms with Crippen molar-refractivity contribution in [3.8, 4) is 0 Å². The van der Waals surface area contributed by atoms with E-state index in [2.05, 4.69) is 72.6 Å². The van der Waals surface area contributed by atoms with Crippen LogP contribution in [0.15, 0.2) is 54.1 Å². The molecule has 1 saturated heterocycles. The second-order valence-corrected chi connectivity index (χ2v) is 8.48. The number of benzene rings is 2. The topological polar surface area (TPSA) is 107 Å². The first-order valence-electron chi connectivity index (χ1n) is 11.3. The fraction of sp³-hybridized carbons (Fsp3) is 0.296. The Hall–Kier alpha value is -3.71. The van der Waals surface area contributed by atoms with Crippen LogP contribution in [0.1, 0.15) is 48.4 Å². The van der Waals surface area contributed by atoms with E-state index in [4.69, 9.17) is 10.2 Å². The first-order chi connectivity index (χ1) is 16.3. The molecule has 1 amide bonds. The summed E-state index contributed by atoms with van der Waals surface area (Å²) in [6.45, 7) is 3.45. The second kappa shape index (κ2) is 11.4. The zero-order valence-corrected chi connectivity index (χ0v) is 19.5. The van der Waals surface area contributed by atoms with E-state index in [0.29, 0.717) is 0 Å². The van der Waals surface area contributed by atoms with Crippen molar-refractivity contribution < 1.29 is 24.6 Å². The highest BCUT2D eigenvalue weighted by Gasteiger charge is 2.22. The van der Waals surface area contributed by atoms with Crippen molar-refractivity contribution in [2.24, 2.45) is 0 Å². The Bertz CT molecular complexity index is 1060. The first kappa shape index (κ1) is 24.9. The van der Waals surface area contributed by atoms with Gasteiger partial charge in [-0.3, -0.25) is 9.59 Å². The Labute approximate surface area is 199 Å². The first-order valence-corrected chi connectivity index (χ1v) is 11.3. The van der Waals surface area contributed by atoms with Gasteiger partial charge in [0.25, 0.3) is 0 Å². The number of carboxylic acid groups (broad SMARTS) is 2. The van der Waals surface area contributed by atoms with E-state index < -0.39 is 30.3 Å². The Morgan fingerprint density at radius 3 is 1.85 bits per heavy atom. The third-order valence-electron chi connectivity index (χ3n) is 5.90. The number of piperidine rings is 1. The quantitative estimate of drug-likeness (QED) is 0.545. The van der Waals surface area contributed by atoms with Crippen molar-refractivity contribution >= 4 is 35.6 Å². The smallest absolute Gasteiger partial charge is 0.326 e. The second-order valence-electron chi connectivity index (χ2n) is 8.48. The summed E-state index contributed by atoms with van der Waals surface area (Å²) in [5.74, 6) is -3.19. The van der Waals surface area contributed by atoms with Crippen LogP contribution in [0.5, 0.6) is 0 Å². The van der Waals surface area contributed by atoms with E-state index in [0.717, 1.165) is 20.0 Å². The fourth-order valence-corrected chi connectivity index (χ4v) is 4.20. The van der Waals surface area contributed by atoms with Crippen LogP contribution < -0.4 is 5.32 Å². The highest BCUT2D eigenvalue weighted by Crippen LogP contribution is 2.38. The van der Waals surface area contributed by atoms with Crippen LogP contribution in [0, 0.1) is 0 Å². The average Bonchev–Trinajstić information content (AvgIpc) is 2.96. The highest BCUT2D eigenvalue weighted by molar-refractivity contribution is 5.95. The number of carboxylic acids is 2. The number of hydrogen-bond acceptors (Lipinski definition) is 4. The van der Waals surface area contributed by atoms with Gasteiger partial charge in [0, 0.05) is 20.0 Å². The highest BCUT2D eigenvalue weighted by atomic mass is 16.4. The largest absolute Gasteiger partial charge is 0.481 e. The molecule has 34 heavy (non-hydrogen) atoms. The van der Waals surface area contributed by atoms with Crippen LogP contribution in [0.3, 0.4) is 0 Å². The average molecular weight is 463 g/mol. The van der Waals surface area contributed by atoms with Gasteiger partial charge in [0.1, 0.15) is 6.04 Å². The minimum Gasteiger partial charge on any atom is -0.481 e. The molecule has 0 spiro atoms. The van der Waals surface area contributed by atoms with Crippen molar-refractivity contribution in [2.45, 2.75) is 32.2 Å². The lowest BCUT2D eigenvalue weighted by Gasteiger charge is -2.27. The molecule has 1 aliphatic carbocycles. The monoisotopic (exact) mass is 462 g/mol. The summed E-state index contributed by atoms with van der Waals surface area (Å²) >= 11 is 0. The number of rotatable bonds is 4. The molecule has 3 N–H and O–H groups in total. The summed E-state index contributed by atoms with van der Waals surface area (Å²) in [7, 11) is 2.22. The molecule has 7 nitrogen and oxygen atoms in total. The van der Waals surface area contributed by atoms with E-state index in [1.165, 1.54) is 40.7 Å². The van der Waals surface area contributed by atoms with Gasteiger partial charge in [-0.15, -0.1) is 0 Å². The number of carbonyl (C=O) groups excluding carboxylic acids is 1. The van der Waals surface area contributed by atoms with Crippen molar-refractivity contribution in [1.29, 1.82) is 0 Å². The van der Waals surface area contributed by atoms with Crippen molar-refractivity contribution in [2.75, 3.05) is 20.1 Å². The molecule has 0 aromatic heterocycles. The summed E-state index contributed by atoms with van der Waals surface area (Å²) in [6.07, 6.45) is 6.26. The zero-order chi connectivity index (χ0) is 24.7. The van der Waals surface area contributed by atoms with Gasteiger partial charge in [0.2, 0.25) is 5.91 Å². The molecule has 0 radical (unpaired) electrons. The molecule has 0 unspecified atom stereocenters. The van der Waals surface area contributed by atoms with E-state index in [1.54, 1.807) is 5.57 Å². The van der Waals surface area contributed by atoms with Gasteiger partial charge in [-0.25, -0.2) is 4.79 Å². The van der Waals surface area contributed by atoms with Gasteiger partial charge in [-0.1, -0.05) is 66.3 Å². The molecule has 2 aliphatic rings. The number of nitrogens with one attached hydrogen (secondary N) is 1. The van der Waals surface area contributed by atoms with Gasteiger partial charge in [0.15, 0.2) is 0 Å². The van der Waals surface area contributed by atoms with Crippen LogP contribution >= 0.6 is 0 Å². The Morgan fingerprint density at radius 2 is 1.41 bits per heavy atom. The Balaban J connectivity index is 0.000000232. The standard InChI is InChI=1S/C21H21N.C6H9NO5/c1-22-14-12-18(13-15-22)21-19-8-4-2-6-16(19)10-11-17-7-3-5-9-20(17)21;1-3(8)7-4(6(11)12)2-5(9)10/h2-11H,12-15H2,1H3;4H,2H2,1H3,(H,7,8)(H,9,10)(H,11,12)/t;4-/m.0/s1. The maximum Gasteiger partial charge on any atom is 0.326 e. The third kappa shape index (κ3) is 6.42. The molecule has 1 atom stereocenters. The maximum atomic E-state index is 10.4. The van der Waals surface area contributed by atoms with Gasteiger partial charge in [-0.05, 0) is 47.7 Å². The Morgan fingerprint density at radius 1 is 0.912 bits per heavy atom. The lowest BCUT2D eigenvalue weighted by molar-refractivity contribution is -0.147. The van der Waals surface area contributed by atoms with Gasteiger partial charge in [-0.2, -0.15) is 0 Å². The van der Waals surface area contributed by atoms with E-state index in [1.807, 2.05) is 5.32 Å². The Kier molecular flexibility index (Phi) is 8.38. The van der Waals surface area contributed by atoms with E-state index in [-0.39, 0.29) is 0 Å². The number of carbonyl (C=O) groups is 3. The summed E-state index contributed by atoms with van der Waals surface area (Å²) in [6, 6.07) is 16.3. The summed E-state index contributed by atoms with van der Waals surface area (Å²) in [5.41, 5.74) is 8.54. The molecule has 0 saturated carbocycles. The molecule has 178 valence electrons. The van der Waals surface area contributed by atoms with Crippen molar-refractivity contribution in [3.05, 3.63) is 76.4 Å². The zero-order valence-electron chi connectivity index (χ0n) is 19.5. The fourth-order valence-electron chi connectivity index (χ4n) is 4.20.